The van der Waals surface area contributed by atoms with Crippen molar-refractivity contribution in [1.29, 1.82) is 0 Å². The van der Waals surface area contributed by atoms with E-state index in [1.807, 2.05) is 0 Å². The van der Waals surface area contributed by atoms with E-state index in [-0.39, 0.29) is 0 Å². The van der Waals surface area contributed by atoms with Gasteiger partial charge in [-0.1, -0.05) is 72.8 Å². The van der Waals surface area contributed by atoms with Gasteiger partial charge in [-0.15, -0.1) is 9.89 Å². The largest absolute Gasteiger partial charge is 0.320 e. The van der Waals surface area contributed by atoms with E-state index in [9.17, 15) is 0 Å². The van der Waals surface area contributed by atoms with E-state index in [2.05, 4.69) is 137 Å². The maximum Gasteiger partial charge on any atom is 0.161 e. The summed E-state index contributed by atoms with van der Waals surface area (Å²) in [5, 5.41) is 15.3. The fraction of sp³-hybridized carbons (Fsp3) is 0. The lowest BCUT2D eigenvalue weighted by Gasteiger charge is -2.27. The molecule has 2 N–H and O–H groups in total. The average Bonchev–Trinajstić information content (AvgIpc) is 3.34. The highest BCUT2D eigenvalue weighted by Gasteiger charge is 2.47. The Hall–Kier alpha value is -3.82. The summed E-state index contributed by atoms with van der Waals surface area (Å²) in [5.41, 5.74) is 0. The van der Waals surface area contributed by atoms with E-state index in [0.29, 0.717) is 0 Å². The zero-order chi connectivity index (χ0) is 21.4. The topological polar surface area (TPSA) is 69.6 Å². The molecule has 5 nitrogen and oxygen atoms in total. The summed E-state index contributed by atoms with van der Waals surface area (Å²) in [6.45, 7) is 0. The van der Waals surface area contributed by atoms with Gasteiger partial charge in [0, 0.05) is 0 Å². The highest BCUT2D eigenvalue weighted by molar-refractivity contribution is 8.01. The van der Waals surface area contributed by atoms with E-state index in [1.54, 1.807) is 0 Å². The number of benzene rings is 4. The van der Waals surface area contributed by atoms with Gasteiger partial charge in [0.15, 0.2) is 6.33 Å². The zero-order valence-electron chi connectivity index (χ0n) is 16.9. The van der Waals surface area contributed by atoms with Gasteiger partial charge >= 0.3 is 0 Å². The third-order valence-electron chi connectivity index (χ3n) is 4.94. The molecule has 0 aliphatic heterocycles. The van der Waals surface area contributed by atoms with Crippen molar-refractivity contribution in [3.05, 3.63) is 128 Å². The number of rotatable bonds is 4. The van der Waals surface area contributed by atoms with Crippen molar-refractivity contribution in [2.75, 3.05) is 5.84 Å². The number of hydrogen-bond acceptors (Lipinski definition) is 4. The first-order valence-corrected chi connectivity index (χ1v) is 11.7. The van der Waals surface area contributed by atoms with Crippen molar-refractivity contribution in [2.45, 2.75) is 0 Å². The van der Waals surface area contributed by atoms with Crippen LogP contribution in [0.1, 0.15) is 0 Å². The van der Waals surface area contributed by atoms with Crippen LogP contribution in [0.4, 0.5) is 0 Å². The number of hydrogen-bond donors (Lipinski definition) is 1. The number of nitrogen functional groups attached to an aromatic ring is 1. The molecule has 0 fully saturated rings. The Bertz CT molecular complexity index is 1000. The van der Waals surface area contributed by atoms with Gasteiger partial charge in [-0.05, 0) is 59.0 Å². The van der Waals surface area contributed by atoms with Gasteiger partial charge in [0.2, 0.25) is 0 Å². The summed E-state index contributed by atoms with van der Waals surface area (Å²) in [4.78, 5) is 1.03. The first-order valence-electron chi connectivity index (χ1n) is 9.91. The molecular weight excluding hydrogens is 401 g/mol. The number of aromatic nitrogens is 4. The zero-order valence-corrected chi connectivity index (χ0v) is 17.8. The summed E-state index contributed by atoms with van der Waals surface area (Å²) in [7, 11) is -1.91. The quantitative estimate of drug-likeness (QED) is 0.356. The van der Waals surface area contributed by atoms with E-state index < -0.39 is 7.26 Å². The SMILES string of the molecule is Nn1cnnn1.c1ccc([P+](c2ccccc2)(c2ccccc2)c2ccccc2)cc1. The summed E-state index contributed by atoms with van der Waals surface area (Å²) >= 11 is 0. The molecule has 0 amide bonds. The normalized spacial score (nSPS) is 10.7. The number of nitrogens with two attached hydrogens (primary N) is 1. The number of nitrogens with zero attached hydrogens (tertiary/aromatic N) is 4. The second-order valence-electron chi connectivity index (χ2n) is 6.80. The van der Waals surface area contributed by atoms with E-state index >= 15 is 0 Å². The molecule has 31 heavy (non-hydrogen) atoms. The molecule has 0 aliphatic carbocycles. The molecule has 6 heteroatoms. The van der Waals surface area contributed by atoms with Crippen LogP contribution in [0.5, 0.6) is 0 Å². The minimum atomic E-state index is -1.91. The summed E-state index contributed by atoms with van der Waals surface area (Å²) < 4.78 is 0. The highest BCUT2D eigenvalue weighted by Crippen LogP contribution is 2.53. The minimum Gasteiger partial charge on any atom is -0.320 e. The molecule has 0 atom stereocenters. The third kappa shape index (κ3) is 4.37. The second kappa shape index (κ2) is 9.79. The van der Waals surface area contributed by atoms with Gasteiger partial charge in [-0.25, -0.2) is 0 Å². The molecule has 152 valence electrons. The molecule has 0 saturated heterocycles. The van der Waals surface area contributed by atoms with Crippen LogP contribution in [-0.2, 0) is 0 Å². The molecule has 0 unspecified atom stereocenters. The summed E-state index contributed by atoms with van der Waals surface area (Å²) in [6.07, 6.45) is 1.31. The van der Waals surface area contributed by atoms with Gasteiger partial charge in [0.25, 0.3) is 0 Å². The molecule has 1 heterocycles. The molecule has 5 rings (SSSR count). The Morgan fingerprint density at radius 2 is 0.839 bits per heavy atom. The van der Waals surface area contributed by atoms with Gasteiger partial charge < -0.3 is 5.84 Å². The first-order chi connectivity index (χ1) is 15.3. The van der Waals surface area contributed by atoms with Gasteiger partial charge in [-0.2, -0.15) is 0 Å². The van der Waals surface area contributed by atoms with Gasteiger partial charge in [-0.3, -0.25) is 0 Å². The monoisotopic (exact) mass is 424 g/mol. The molecule has 0 bridgehead atoms. The lowest BCUT2D eigenvalue weighted by molar-refractivity contribution is 0.756. The fourth-order valence-electron chi connectivity index (χ4n) is 3.67. The lowest BCUT2D eigenvalue weighted by Crippen LogP contribution is -2.38. The second-order valence-corrected chi connectivity index (χ2v) is 10.2. The maximum absolute atomic E-state index is 4.96. The van der Waals surface area contributed by atoms with Crippen LogP contribution in [0.3, 0.4) is 0 Å². The first kappa shape index (κ1) is 20.5. The fourth-order valence-corrected chi connectivity index (χ4v) is 7.94. The lowest BCUT2D eigenvalue weighted by atomic mass is 10.3. The van der Waals surface area contributed by atoms with Crippen molar-refractivity contribution in [1.82, 2.24) is 20.3 Å². The van der Waals surface area contributed by atoms with Crippen LogP contribution >= 0.6 is 7.26 Å². The predicted octanol–water partition coefficient (Wildman–Crippen LogP) is 2.69. The molecular formula is C25H23N5P+. The predicted molar refractivity (Wildman–Crippen MR) is 129 cm³/mol. The van der Waals surface area contributed by atoms with Crippen molar-refractivity contribution in [3.63, 3.8) is 0 Å². The van der Waals surface area contributed by atoms with Crippen molar-refractivity contribution < 1.29 is 0 Å². The van der Waals surface area contributed by atoms with Crippen molar-refractivity contribution in [2.24, 2.45) is 0 Å². The molecule has 4 aromatic carbocycles. The Balaban J connectivity index is 0.000000334. The van der Waals surface area contributed by atoms with Crippen LogP contribution in [0.2, 0.25) is 0 Å². The Morgan fingerprint density at radius 1 is 0.516 bits per heavy atom. The molecule has 0 saturated carbocycles. The average molecular weight is 424 g/mol. The maximum atomic E-state index is 4.96. The summed E-state index contributed by atoms with van der Waals surface area (Å²) in [5.74, 6) is 4.96. The minimum absolute atomic E-state index is 1.03. The Kier molecular flexibility index (Phi) is 6.46. The molecule has 0 aliphatic rings. The molecule has 1 aromatic heterocycles. The molecule has 5 aromatic rings. The Morgan fingerprint density at radius 3 is 1.03 bits per heavy atom. The van der Waals surface area contributed by atoms with Gasteiger partial charge in [0.05, 0.1) is 0 Å². The number of tetrazole rings is 1. The van der Waals surface area contributed by atoms with Crippen LogP contribution in [0.15, 0.2) is 128 Å². The van der Waals surface area contributed by atoms with E-state index in [0.717, 1.165) is 4.79 Å². The van der Waals surface area contributed by atoms with Crippen LogP contribution in [0, 0.1) is 0 Å². The Labute approximate surface area is 182 Å². The summed E-state index contributed by atoms with van der Waals surface area (Å²) in [6, 6.07) is 43.8. The standard InChI is InChI=1S/C24H20P.CH3N5/c1-5-13-21(14-6-1)25(22-15-7-2-8-16-22,23-17-9-3-10-18-23)24-19-11-4-12-20-24;2-6-1-3-4-5-6/h1-20H;1H,2H2/q+1;. The van der Waals surface area contributed by atoms with E-state index in [4.69, 9.17) is 5.84 Å². The van der Waals surface area contributed by atoms with Crippen molar-refractivity contribution in [3.8, 4) is 0 Å². The molecule has 0 spiro atoms. The van der Waals surface area contributed by atoms with Crippen LogP contribution in [-0.4, -0.2) is 20.3 Å². The molecule has 0 radical (unpaired) electrons. The van der Waals surface area contributed by atoms with Crippen LogP contribution in [0.25, 0.3) is 0 Å². The van der Waals surface area contributed by atoms with Gasteiger partial charge in [0.1, 0.15) is 28.5 Å². The van der Waals surface area contributed by atoms with Crippen LogP contribution < -0.4 is 27.1 Å². The van der Waals surface area contributed by atoms with E-state index in [1.165, 1.54) is 27.5 Å². The highest BCUT2D eigenvalue weighted by atomic mass is 31.2. The van der Waals surface area contributed by atoms with Crippen molar-refractivity contribution >= 4 is 28.5 Å². The third-order valence-corrected chi connectivity index (χ3v) is 9.23. The smallest absolute Gasteiger partial charge is 0.161 e.